The van der Waals surface area contributed by atoms with Crippen molar-refractivity contribution in [3.05, 3.63) is 29.8 Å². The smallest absolute Gasteiger partial charge is 0.260 e. The molecule has 0 spiro atoms. The minimum atomic E-state index is -4.31. The molecule has 2 N–H and O–H groups in total. The molecule has 16 heavy (non-hydrogen) atoms. The van der Waals surface area contributed by atoms with Gasteiger partial charge in [-0.25, -0.2) is 17.2 Å². The van der Waals surface area contributed by atoms with Gasteiger partial charge in [0.2, 0.25) is 5.91 Å². The third-order valence-electron chi connectivity index (χ3n) is 1.54. The summed E-state index contributed by atoms with van der Waals surface area (Å²) in [6, 6.07) is 1.98. The van der Waals surface area contributed by atoms with Crippen LogP contribution in [-0.4, -0.2) is 14.3 Å². The first-order chi connectivity index (χ1) is 7.33. The molecular weight excluding hydrogens is 242 g/mol. The highest BCUT2D eigenvalue weighted by Gasteiger charge is 2.19. The molecule has 0 aliphatic rings. The minimum Gasteiger partial charge on any atom is -0.278 e. The van der Waals surface area contributed by atoms with Gasteiger partial charge in [0.15, 0.2) is 0 Å². The van der Waals surface area contributed by atoms with Gasteiger partial charge in [0, 0.05) is 6.92 Å². The lowest BCUT2D eigenvalue weighted by molar-refractivity contribution is -0.119. The fourth-order valence-corrected chi connectivity index (χ4v) is 1.86. The van der Waals surface area contributed by atoms with Gasteiger partial charge in [0.05, 0.1) is 0 Å². The molecule has 5 nitrogen and oxygen atoms in total. The summed E-state index contributed by atoms with van der Waals surface area (Å²) in [5.41, 5.74) is 1.76. The van der Waals surface area contributed by atoms with Gasteiger partial charge in [0.1, 0.15) is 16.5 Å². The Morgan fingerprint density at radius 2 is 1.94 bits per heavy atom. The van der Waals surface area contributed by atoms with Gasteiger partial charge in [-0.15, -0.1) is 4.83 Å². The van der Waals surface area contributed by atoms with Crippen molar-refractivity contribution in [3.8, 4) is 0 Å². The van der Waals surface area contributed by atoms with Crippen molar-refractivity contribution in [2.24, 2.45) is 0 Å². The van der Waals surface area contributed by atoms with Crippen LogP contribution in [0.15, 0.2) is 23.1 Å². The lowest BCUT2D eigenvalue weighted by atomic mass is 10.3. The molecule has 0 heterocycles. The molecule has 1 rings (SSSR count). The molecule has 0 unspecified atom stereocenters. The highest BCUT2D eigenvalue weighted by molar-refractivity contribution is 7.89. The van der Waals surface area contributed by atoms with E-state index in [4.69, 9.17) is 0 Å². The number of hydrazine groups is 1. The predicted molar refractivity (Wildman–Crippen MR) is 50.5 cm³/mol. The van der Waals surface area contributed by atoms with Crippen LogP contribution in [0.2, 0.25) is 0 Å². The zero-order chi connectivity index (χ0) is 12.3. The molecule has 8 heteroatoms. The van der Waals surface area contributed by atoms with Crippen LogP contribution < -0.4 is 10.3 Å². The van der Waals surface area contributed by atoms with E-state index in [-0.39, 0.29) is 0 Å². The first-order valence-electron chi connectivity index (χ1n) is 4.06. The maximum absolute atomic E-state index is 13.1. The van der Waals surface area contributed by atoms with Gasteiger partial charge in [-0.05, 0) is 18.2 Å². The topological polar surface area (TPSA) is 75.3 Å². The van der Waals surface area contributed by atoms with Crippen LogP contribution in [0.25, 0.3) is 0 Å². The van der Waals surface area contributed by atoms with Crippen molar-refractivity contribution in [1.29, 1.82) is 0 Å². The van der Waals surface area contributed by atoms with Gasteiger partial charge in [0.25, 0.3) is 10.0 Å². The van der Waals surface area contributed by atoms with Crippen molar-refractivity contribution in [2.75, 3.05) is 0 Å². The van der Waals surface area contributed by atoms with E-state index >= 15 is 0 Å². The van der Waals surface area contributed by atoms with E-state index in [0.29, 0.717) is 12.1 Å². The Morgan fingerprint density at radius 1 is 1.31 bits per heavy atom. The van der Waals surface area contributed by atoms with Crippen LogP contribution in [0, 0.1) is 11.6 Å². The number of carbonyl (C=O) groups is 1. The lowest BCUT2D eigenvalue weighted by Gasteiger charge is -2.07. The van der Waals surface area contributed by atoms with Gasteiger partial charge in [-0.2, -0.15) is 0 Å². The molecule has 0 fully saturated rings. The largest absolute Gasteiger partial charge is 0.278 e. The Bertz CT molecular complexity index is 516. The summed E-state index contributed by atoms with van der Waals surface area (Å²) in [6.07, 6.45) is 0. The molecular formula is C8H8F2N2O3S. The molecule has 0 aromatic heterocycles. The van der Waals surface area contributed by atoms with Gasteiger partial charge in [-0.1, -0.05) is 0 Å². The third kappa shape index (κ3) is 2.97. The number of rotatable bonds is 3. The van der Waals surface area contributed by atoms with E-state index in [1.54, 1.807) is 10.3 Å². The van der Waals surface area contributed by atoms with Gasteiger partial charge >= 0.3 is 0 Å². The monoisotopic (exact) mass is 250 g/mol. The summed E-state index contributed by atoms with van der Waals surface area (Å²) in [5, 5.41) is 0. The van der Waals surface area contributed by atoms with Crippen molar-refractivity contribution in [2.45, 2.75) is 11.8 Å². The van der Waals surface area contributed by atoms with Gasteiger partial charge < -0.3 is 0 Å². The van der Waals surface area contributed by atoms with Gasteiger partial charge in [-0.3, -0.25) is 10.2 Å². The van der Waals surface area contributed by atoms with E-state index < -0.39 is 32.5 Å². The normalized spacial score (nSPS) is 11.2. The average molecular weight is 250 g/mol. The predicted octanol–water partition coefficient (Wildman–Crippen LogP) is 0.294. The molecule has 0 aliphatic carbocycles. The molecule has 0 radical (unpaired) electrons. The van der Waals surface area contributed by atoms with Crippen molar-refractivity contribution < 1.29 is 22.0 Å². The second kappa shape index (κ2) is 4.54. The number of amides is 1. The summed E-state index contributed by atoms with van der Waals surface area (Å²) < 4.78 is 48.6. The lowest BCUT2D eigenvalue weighted by Crippen LogP contribution is -2.40. The Hall–Kier alpha value is -1.54. The maximum Gasteiger partial charge on any atom is 0.260 e. The third-order valence-corrected chi connectivity index (χ3v) is 2.81. The number of sulfonamides is 1. The fraction of sp³-hybridized carbons (Fsp3) is 0.125. The number of carbonyl (C=O) groups excluding carboxylic acids is 1. The SMILES string of the molecule is CC(=O)NNS(=O)(=O)c1cc(F)ccc1F. The van der Waals surface area contributed by atoms with E-state index in [2.05, 4.69) is 0 Å². The molecule has 0 saturated carbocycles. The van der Waals surface area contributed by atoms with Crippen LogP contribution in [0.3, 0.4) is 0 Å². The molecule has 0 atom stereocenters. The van der Waals surface area contributed by atoms with E-state index in [9.17, 15) is 22.0 Å². The Morgan fingerprint density at radius 3 is 2.50 bits per heavy atom. The molecule has 88 valence electrons. The molecule has 0 aliphatic heterocycles. The standard InChI is InChI=1S/C8H8F2N2O3S/c1-5(13)11-12-16(14,15)8-4-6(9)2-3-7(8)10/h2-4,12H,1H3,(H,11,13). The Balaban J connectivity index is 3.07. The van der Waals surface area contributed by atoms with Crippen molar-refractivity contribution >= 4 is 15.9 Å². The summed E-state index contributed by atoms with van der Waals surface area (Å²) >= 11 is 0. The molecule has 0 saturated heterocycles. The fourth-order valence-electron chi connectivity index (χ4n) is 0.877. The summed E-state index contributed by atoms with van der Waals surface area (Å²) in [4.78, 5) is 11.2. The first kappa shape index (κ1) is 12.5. The second-order valence-electron chi connectivity index (χ2n) is 2.86. The number of nitrogens with one attached hydrogen (secondary N) is 2. The number of halogens is 2. The van der Waals surface area contributed by atoms with Crippen LogP contribution >= 0.6 is 0 Å². The number of benzene rings is 1. The van der Waals surface area contributed by atoms with E-state index in [1.165, 1.54) is 0 Å². The molecule has 1 amide bonds. The number of hydrogen-bond acceptors (Lipinski definition) is 3. The van der Waals surface area contributed by atoms with Crippen LogP contribution in [0.4, 0.5) is 8.78 Å². The number of hydrogen-bond donors (Lipinski definition) is 2. The van der Waals surface area contributed by atoms with Crippen LogP contribution in [0.5, 0.6) is 0 Å². The molecule has 0 bridgehead atoms. The van der Waals surface area contributed by atoms with Crippen LogP contribution in [-0.2, 0) is 14.8 Å². The first-order valence-corrected chi connectivity index (χ1v) is 5.54. The van der Waals surface area contributed by atoms with Crippen LogP contribution in [0.1, 0.15) is 6.92 Å². The van der Waals surface area contributed by atoms with Crippen molar-refractivity contribution in [1.82, 2.24) is 10.3 Å². The molecule has 1 aromatic carbocycles. The Labute approximate surface area is 90.5 Å². The molecule has 1 aromatic rings. The second-order valence-corrected chi connectivity index (χ2v) is 4.51. The zero-order valence-electron chi connectivity index (χ0n) is 8.12. The minimum absolute atomic E-state index is 0.513. The van der Waals surface area contributed by atoms with E-state index in [0.717, 1.165) is 13.0 Å². The highest BCUT2D eigenvalue weighted by atomic mass is 32.2. The highest BCUT2D eigenvalue weighted by Crippen LogP contribution is 2.14. The van der Waals surface area contributed by atoms with E-state index in [1.807, 2.05) is 0 Å². The quantitative estimate of drug-likeness (QED) is 0.757. The maximum atomic E-state index is 13.1. The van der Waals surface area contributed by atoms with Crippen molar-refractivity contribution in [3.63, 3.8) is 0 Å². The average Bonchev–Trinajstić information content (AvgIpc) is 2.19. The summed E-state index contributed by atoms with van der Waals surface area (Å²) in [6.45, 7) is 1.06. The summed E-state index contributed by atoms with van der Waals surface area (Å²) in [7, 11) is -4.31. The summed E-state index contributed by atoms with van der Waals surface area (Å²) in [5.74, 6) is -2.69. The Kier molecular flexibility index (Phi) is 3.55. The zero-order valence-corrected chi connectivity index (χ0v) is 8.94.